The molecule has 2 aromatic rings. The Morgan fingerprint density at radius 1 is 0.833 bits per heavy atom. The van der Waals surface area contributed by atoms with Gasteiger partial charge in [0.25, 0.3) is 0 Å². The number of aromatic carboxylic acids is 2. The van der Waals surface area contributed by atoms with Crippen LogP contribution < -0.4 is 0 Å². The number of aryl methyl sites for hydroxylation is 1. The average Bonchev–Trinajstić information content (AvgIpc) is 2.47. The van der Waals surface area contributed by atoms with Crippen LogP contribution in [0, 0.1) is 6.92 Å². The molecule has 24 heavy (non-hydrogen) atoms. The molecule has 0 fully saturated rings. The molecule has 2 rings (SSSR count). The molecule has 4 nitrogen and oxygen atoms in total. The van der Waals surface area contributed by atoms with Crippen LogP contribution in [-0.4, -0.2) is 22.2 Å². The molecule has 0 heterocycles. The Kier molecular flexibility index (Phi) is 8.56. The fourth-order valence-corrected chi connectivity index (χ4v) is 1.93. The van der Waals surface area contributed by atoms with Crippen molar-refractivity contribution in [2.45, 2.75) is 33.1 Å². The van der Waals surface area contributed by atoms with Crippen molar-refractivity contribution in [3.63, 3.8) is 0 Å². The van der Waals surface area contributed by atoms with Crippen molar-refractivity contribution in [1.82, 2.24) is 0 Å². The zero-order valence-corrected chi connectivity index (χ0v) is 17.5. The Labute approximate surface area is 155 Å². The van der Waals surface area contributed by atoms with Gasteiger partial charge in [0.05, 0.1) is 11.1 Å². The van der Waals surface area contributed by atoms with Crippen LogP contribution >= 0.6 is 0 Å². The Morgan fingerprint density at radius 2 is 1.33 bits per heavy atom. The van der Waals surface area contributed by atoms with Crippen molar-refractivity contribution in [2.24, 2.45) is 0 Å². The largest absolute Gasteiger partial charge is 0.478 e. The summed E-state index contributed by atoms with van der Waals surface area (Å²) in [5, 5.41) is 17.2. The molecule has 0 radical (unpaired) electrons. The van der Waals surface area contributed by atoms with E-state index in [-0.39, 0.29) is 24.9 Å². The standard InChI is InChI=1S/C11H14O2.C8H8O2.Zn/c1-11(2,3)9-6-4-8(5-7-9)10(12)13;1-6-4-2-3-5-7(6)8(9)10;/h4-7H,1-3H3,(H,12,13);2-5H,1H3,(H,9,10);. The Balaban J connectivity index is 0.000000436. The molecule has 0 aromatic heterocycles. The van der Waals surface area contributed by atoms with Gasteiger partial charge < -0.3 is 10.2 Å². The van der Waals surface area contributed by atoms with Gasteiger partial charge in [-0.2, -0.15) is 0 Å². The van der Waals surface area contributed by atoms with E-state index >= 15 is 0 Å². The van der Waals surface area contributed by atoms with E-state index in [9.17, 15) is 9.59 Å². The van der Waals surface area contributed by atoms with Crippen molar-refractivity contribution in [3.05, 3.63) is 70.8 Å². The number of rotatable bonds is 2. The van der Waals surface area contributed by atoms with Crippen LogP contribution in [0.15, 0.2) is 48.5 Å². The minimum atomic E-state index is -0.875. The summed E-state index contributed by atoms with van der Waals surface area (Å²) in [6, 6.07) is 13.9. The van der Waals surface area contributed by atoms with Crippen LogP contribution in [0.1, 0.15) is 52.6 Å². The number of benzene rings is 2. The molecule has 0 bridgehead atoms. The molecule has 0 aliphatic carbocycles. The fourth-order valence-electron chi connectivity index (χ4n) is 1.93. The van der Waals surface area contributed by atoms with Gasteiger partial charge in [0.2, 0.25) is 0 Å². The first-order valence-corrected chi connectivity index (χ1v) is 7.25. The van der Waals surface area contributed by atoms with E-state index in [1.54, 1.807) is 37.3 Å². The number of carboxylic acids is 2. The molecule has 0 saturated carbocycles. The summed E-state index contributed by atoms with van der Waals surface area (Å²) in [7, 11) is 0. The van der Waals surface area contributed by atoms with Gasteiger partial charge in [0.1, 0.15) is 0 Å². The summed E-state index contributed by atoms with van der Waals surface area (Å²) in [5.41, 5.74) is 2.75. The summed E-state index contributed by atoms with van der Waals surface area (Å²) in [6.45, 7) is 8.08. The zero-order valence-electron chi connectivity index (χ0n) is 14.5. The maximum Gasteiger partial charge on any atom is 0.335 e. The smallest absolute Gasteiger partial charge is 0.335 e. The van der Waals surface area contributed by atoms with Gasteiger partial charge in [-0.15, -0.1) is 0 Å². The maximum absolute atomic E-state index is 10.6. The van der Waals surface area contributed by atoms with Crippen molar-refractivity contribution in [2.75, 3.05) is 0 Å². The van der Waals surface area contributed by atoms with Crippen molar-refractivity contribution < 1.29 is 39.3 Å². The van der Waals surface area contributed by atoms with Gasteiger partial charge in [-0.25, -0.2) is 9.59 Å². The van der Waals surface area contributed by atoms with Crippen LogP contribution in [0.3, 0.4) is 0 Å². The number of carbonyl (C=O) groups is 2. The third-order valence-electron chi connectivity index (χ3n) is 3.37. The SMILES string of the molecule is CC(C)(C)c1ccc(C(=O)O)cc1.Cc1ccccc1C(=O)O.[Zn]. The van der Waals surface area contributed by atoms with Crippen LogP contribution in [-0.2, 0) is 24.9 Å². The quantitative estimate of drug-likeness (QED) is 0.760. The van der Waals surface area contributed by atoms with E-state index in [4.69, 9.17) is 10.2 Å². The average molecular weight is 380 g/mol. The Bertz CT molecular complexity index is 685. The van der Waals surface area contributed by atoms with Crippen LogP contribution in [0.4, 0.5) is 0 Å². The molecule has 124 valence electrons. The van der Waals surface area contributed by atoms with E-state index in [0.29, 0.717) is 11.1 Å². The molecule has 2 N–H and O–H groups in total. The third-order valence-corrected chi connectivity index (χ3v) is 3.37. The Morgan fingerprint density at radius 3 is 1.67 bits per heavy atom. The molecule has 0 spiro atoms. The second-order valence-corrected chi connectivity index (χ2v) is 6.25. The van der Waals surface area contributed by atoms with Crippen LogP contribution in [0.25, 0.3) is 0 Å². The summed E-state index contributed by atoms with van der Waals surface area (Å²) in [6.07, 6.45) is 0. The normalized spacial score (nSPS) is 10.0. The number of carboxylic acid groups (broad SMARTS) is 2. The summed E-state index contributed by atoms with van der Waals surface area (Å²) in [4.78, 5) is 21.0. The molecule has 0 unspecified atom stereocenters. The molecular formula is C19H22O4Zn. The van der Waals surface area contributed by atoms with Gasteiger partial charge in [0, 0.05) is 19.5 Å². The monoisotopic (exact) mass is 378 g/mol. The molecule has 0 amide bonds. The van der Waals surface area contributed by atoms with Crippen LogP contribution in [0.5, 0.6) is 0 Å². The van der Waals surface area contributed by atoms with Crippen molar-refractivity contribution in [1.29, 1.82) is 0 Å². The fraction of sp³-hybridized carbons (Fsp3) is 0.263. The van der Waals surface area contributed by atoms with E-state index in [1.807, 2.05) is 18.2 Å². The van der Waals surface area contributed by atoms with Gasteiger partial charge in [0.15, 0.2) is 0 Å². The molecule has 0 aliphatic heterocycles. The predicted octanol–water partition coefficient (Wildman–Crippen LogP) is 4.37. The summed E-state index contributed by atoms with van der Waals surface area (Å²) < 4.78 is 0. The second kappa shape index (κ2) is 9.34. The second-order valence-electron chi connectivity index (χ2n) is 6.25. The van der Waals surface area contributed by atoms with Gasteiger partial charge >= 0.3 is 11.9 Å². The molecular weight excluding hydrogens is 358 g/mol. The first kappa shape index (κ1) is 22.0. The first-order valence-electron chi connectivity index (χ1n) is 7.25. The number of hydrogen-bond donors (Lipinski definition) is 2. The molecule has 0 saturated heterocycles. The van der Waals surface area contributed by atoms with E-state index in [2.05, 4.69) is 20.8 Å². The summed E-state index contributed by atoms with van der Waals surface area (Å²) in [5.74, 6) is -1.74. The maximum atomic E-state index is 10.6. The van der Waals surface area contributed by atoms with Gasteiger partial charge in [-0.3, -0.25) is 0 Å². The van der Waals surface area contributed by atoms with Gasteiger partial charge in [-0.1, -0.05) is 51.1 Å². The molecule has 0 atom stereocenters. The molecule has 2 aromatic carbocycles. The molecule has 5 heteroatoms. The predicted molar refractivity (Wildman–Crippen MR) is 90.2 cm³/mol. The zero-order chi connectivity index (χ0) is 17.6. The minimum absolute atomic E-state index is 0. The topological polar surface area (TPSA) is 74.6 Å². The van der Waals surface area contributed by atoms with Crippen LogP contribution in [0.2, 0.25) is 0 Å². The van der Waals surface area contributed by atoms with E-state index < -0.39 is 11.9 Å². The van der Waals surface area contributed by atoms with Gasteiger partial charge in [-0.05, 0) is 41.7 Å². The summed E-state index contributed by atoms with van der Waals surface area (Å²) >= 11 is 0. The molecule has 0 aliphatic rings. The van der Waals surface area contributed by atoms with Crippen molar-refractivity contribution >= 4 is 11.9 Å². The Hall–Kier alpha value is -2.00. The third kappa shape index (κ3) is 6.63. The van der Waals surface area contributed by atoms with E-state index in [1.165, 1.54) is 0 Å². The van der Waals surface area contributed by atoms with Crippen molar-refractivity contribution in [3.8, 4) is 0 Å². The number of hydrogen-bond acceptors (Lipinski definition) is 2. The first-order chi connectivity index (χ1) is 10.6. The minimum Gasteiger partial charge on any atom is -0.478 e. The van der Waals surface area contributed by atoms with E-state index in [0.717, 1.165) is 11.1 Å².